The molecule has 2 rings (SSSR count). The molecular formula is C13H16N2OS2. The topological polar surface area (TPSA) is 33.2 Å². The zero-order valence-electron chi connectivity index (χ0n) is 10.5. The third-order valence-corrected chi connectivity index (χ3v) is 4.68. The van der Waals surface area contributed by atoms with Gasteiger partial charge in [-0.15, -0.1) is 11.3 Å². The van der Waals surface area contributed by atoms with Crippen LogP contribution in [0.2, 0.25) is 0 Å². The predicted molar refractivity (Wildman–Crippen MR) is 77.9 cm³/mol. The minimum atomic E-state index is 0.761. The summed E-state index contributed by atoms with van der Waals surface area (Å²) in [5.74, 6) is 0. The third kappa shape index (κ3) is 2.79. The Morgan fingerprint density at radius 1 is 1.44 bits per heavy atom. The predicted octanol–water partition coefficient (Wildman–Crippen LogP) is 3.61. The summed E-state index contributed by atoms with van der Waals surface area (Å²) in [7, 11) is 0. The number of anilines is 1. The van der Waals surface area contributed by atoms with Crippen molar-refractivity contribution in [3.8, 4) is 0 Å². The highest BCUT2D eigenvalue weighted by Gasteiger charge is 2.14. The molecule has 18 heavy (non-hydrogen) atoms. The van der Waals surface area contributed by atoms with Crippen molar-refractivity contribution in [2.45, 2.75) is 26.8 Å². The lowest BCUT2D eigenvalue weighted by atomic mass is 10.3. The summed E-state index contributed by atoms with van der Waals surface area (Å²) in [6.45, 7) is 5.90. The Labute approximate surface area is 115 Å². The molecule has 0 saturated carbocycles. The van der Waals surface area contributed by atoms with Crippen molar-refractivity contribution in [3.63, 3.8) is 0 Å². The van der Waals surface area contributed by atoms with E-state index in [1.807, 2.05) is 6.92 Å². The zero-order valence-corrected chi connectivity index (χ0v) is 12.2. The van der Waals surface area contributed by atoms with Gasteiger partial charge in [-0.1, -0.05) is 24.3 Å². The molecule has 0 aliphatic carbocycles. The highest BCUT2D eigenvalue weighted by atomic mass is 32.1. The van der Waals surface area contributed by atoms with E-state index in [4.69, 9.17) is 0 Å². The highest BCUT2D eigenvalue weighted by molar-refractivity contribution is 7.17. The number of thiazole rings is 1. The van der Waals surface area contributed by atoms with Crippen LogP contribution in [0.4, 0.5) is 5.13 Å². The molecule has 2 aromatic rings. The van der Waals surface area contributed by atoms with E-state index in [-0.39, 0.29) is 0 Å². The Bertz CT molecular complexity index is 505. The largest absolute Gasteiger partial charge is 0.343 e. The first kappa shape index (κ1) is 13.2. The lowest BCUT2D eigenvalue weighted by Gasteiger charge is -2.18. The first-order valence-corrected chi connectivity index (χ1v) is 7.70. The van der Waals surface area contributed by atoms with Gasteiger partial charge in [-0.05, 0) is 24.8 Å². The molecular weight excluding hydrogens is 264 g/mol. The van der Waals surface area contributed by atoms with Crippen LogP contribution in [0.5, 0.6) is 0 Å². The van der Waals surface area contributed by atoms with Crippen LogP contribution in [-0.4, -0.2) is 17.8 Å². The summed E-state index contributed by atoms with van der Waals surface area (Å²) in [6, 6.07) is 4.19. The van der Waals surface area contributed by atoms with Crippen molar-refractivity contribution < 1.29 is 4.79 Å². The molecule has 0 aliphatic heterocycles. The molecule has 0 bridgehead atoms. The second-order valence-electron chi connectivity index (χ2n) is 3.87. The molecule has 0 spiro atoms. The van der Waals surface area contributed by atoms with Gasteiger partial charge < -0.3 is 4.90 Å². The first-order valence-electron chi connectivity index (χ1n) is 6.00. The maximum atomic E-state index is 11.0. The number of rotatable bonds is 6. The normalized spacial score (nSPS) is 10.6. The molecule has 0 aromatic carbocycles. The molecule has 5 heteroatoms. The molecule has 0 atom stereocenters. The number of hydrogen-bond donors (Lipinski definition) is 0. The van der Waals surface area contributed by atoms with E-state index >= 15 is 0 Å². The smallest absolute Gasteiger partial charge is 0.186 e. The molecule has 0 unspecified atom stereocenters. The number of aryl methyl sites for hydroxylation is 1. The number of thiophene rings is 1. The highest BCUT2D eigenvalue weighted by Crippen LogP contribution is 2.27. The van der Waals surface area contributed by atoms with Gasteiger partial charge in [0.05, 0.1) is 17.1 Å². The van der Waals surface area contributed by atoms with Crippen LogP contribution < -0.4 is 4.90 Å². The molecule has 0 saturated heterocycles. The van der Waals surface area contributed by atoms with E-state index in [9.17, 15) is 4.79 Å². The Kier molecular flexibility index (Phi) is 4.49. The SMILES string of the molecule is CCc1nc(N(CC)Cc2cccs2)sc1C=O. The fourth-order valence-electron chi connectivity index (χ4n) is 1.74. The second-order valence-corrected chi connectivity index (χ2v) is 5.91. The van der Waals surface area contributed by atoms with Gasteiger partial charge in [-0.25, -0.2) is 4.98 Å². The van der Waals surface area contributed by atoms with Crippen molar-refractivity contribution >= 4 is 34.1 Å². The summed E-state index contributed by atoms with van der Waals surface area (Å²) in [5.41, 5.74) is 0.912. The van der Waals surface area contributed by atoms with Gasteiger partial charge >= 0.3 is 0 Å². The monoisotopic (exact) mass is 280 g/mol. The molecule has 3 nitrogen and oxygen atoms in total. The van der Waals surface area contributed by atoms with E-state index in [1.54, 1.807) is 11.3 Å². The molecule has 0 fully saturated rings. The number of carbonyl (C=O) groups is 1. The van der Waals surface area contributed by atoms with Gasteiger partial charge in [0.2, 0.25) is 0 Å². The van der Waals surface area contributed by atoms with E-state index < -0.39 is 0 Å². The molecule has 2 aromatic heterocycles. The van der Waals surface area contributed by atoms with E-state index in [1.165, 1.54) is 16.2 Å². The van der Waals surface area contributed by atoms with E-state index in [0.717, 1.165) is 41.5 Å². The summed E-state index contributed by atoms with van der Waals surface area (Å²) in [6.07, 6.45) is 1.72. The minimum Gasteiger partial charge on any atom is -0.343 e. The van der Waals surface area contributed by atoms with Crippen molar-refractivity contribution in [3.05, 3.63) is 33.0 Å². The number of nitrogens with zero attached hydrogens (tertiary/aromatic N) is 2. The third-order valence-electron chi connectivity index (χ3n) is 2.74. The number of aromatic nitrogens is 1. The number of carbonyl (C=O) groups excluding carboxylic acids is 1. The van der Waals surface area contributed by atoms with Crippen LogP contribution in [0.3, 0.4) is 0 Å². The summed E-state index contributed by atoms with van der Waals surface area (Å²) >= 11 is 3.24. The van der Waals surface area contributed by atoms with E-state index in [2.05, 4.69) is 34.3 Å². The van der Waals surface area contributed by atoms with Crippen LogP contribution in [0, 0.1) is 0 Å². The fraction of sp³-hybridized carbons (Fsp3) is 0.385. The van der Waals surface area contributed by atoms with Crippen LogP contribution in [0.1, 0.15) is 34.1 Å². The maximum absolute atomic E-state index is 11.0. The van der Waals surface area contributed by atoms with Gasteiger partial charge in [-0.2, -0.15) is 0 Å². The average molecular weight is 280 g/mol. The molecule has 0 amide bonds. The van der Waals surface area contributed by atoms with Gasteiger partial charge in [0.1, 0.15) is 0 Å². The van der Waals surface area contributed by atoms with Gasteiger partial charge in [0.25, 0.3) is 0 Å². The first-order chi connectivity index (χ1) is 8.78. The van der Waals surface area contributed by atoms with Crippen molar-refractivity contribution in [2.24, 2.45) is 0 Å². The van der Waals surface area contributed by atoms with Crippen molar-refractivity contribution in [1.82, 2.24) is 4.98 Å². The fourth-order valence-corrected chi connectivity index (χ4v) is 3.49. The quantitative estimate of drug-likeness (QED) is 0.758. The molecule has 0 aliphatic rings. The summed E-state index contributed by atoms with van der Waals surface area (Å²) in [5, 5.41) is 3.03. The Morgan fingerprint density at radius 2 is 2.28 bits per heavy atom. The van der Waals surface area contributed by atoms with Crippen LogP contribution in [0.15, 0.2) is 17.5 Å². The van der Waals surface area contributed by atoms with Crippen molar-refractivity contribution in [2.75, 3.05) is 11.4 Å². The van der Waals surface area contributed by atoms with Crippen LogP contribution >= 0.6 is 22.7 Å². The van der Waals surface area contributed by atoms with Crippen LogP contribution in [-0.2, 0) is 13.0 Å². The van der Waals surface area contributed by atoms with Gasteiger partial charge in [-0.3, -0.25) is 4.79 Å². The number of aldehydes is 1. The molecule has 96 valence electrons. The molecule has 0 radical (unpaired) electrons. The number of hydrogen-bond acceptors (Lipinski definition) is 5. The van der Waals surface area contributed by atoms with E-state index in [0.29, 0.717) is 0 Å². The average Bonchev–Trinajstić information content (AvgIpc) is 3.04. The summed E-state index contributed by atoms with van der Waals surface area (Å²) in [4.78, 5) is 19.8. The Balaban J connectivity index is 2.21. The standard InChI is InChI=1S/C13H16N2OS2/c1-3-11-12(9-16)18-13(14-11)15(4-2)8-10-6-5-7-17-10/h5-7,9H,3-4,8H2,1-2H3. The lowest BCUT2D eigenvalue weighted by molar-refractivity contribution is 0.112. The van der Waals surface area contributed by atoms with Gasteiger partial charge in [0, 0.05) is 11.4 Å². The molecule has 2 heterocycles. The minimum absolute atomic E-state index is 0.761. The maximum Gasteiger partial charge on any atom is 0.186 e. The second kappa shape index (κ2) is 6.11. The van der Waals surface area contributed by atoms with Crippen molar-refractivity contribution in [1.29, 1.82) is 0 Å². The summed E-state index contributed by atoms with van der Waals surface area (Å²) < 4.78 is 0. The molecule has 0 N–H and O–H groups in total. The zero-order chi connectivity index (χ0) is 13.0. The van der Waals surface area contributed by atoms with Gasteiger partial charge in [0.15, 0.2) is 11.4 Å². The Morgan fingerprint density at radius 3 is 2.78 bits per heavy atom. The lowest BCUT2D eigenvalue weighted by Crippen LogP contribution is -2.21. The Hall–Kier alpha value is -1.20. The van der Waals surface area contributed by atoms with Crippen LogP contribution in [0.25, 0.3) is 0 Å².